The first-order valence-corrected chi connectivity index (χ1v) is 6.95. The van der Waals surface area contributed by atoms with Gasteiger partial charge in [-0.2, -0.15) is 0 Å². The molecule has 0 bridgehead atoms. The molecule has 0 radical (unpaired) electrons. The van der Waals surface area contributed by atoms with E-state index in [1.807, 2.05) is 0 Å². The number of aromatic amines is 1. The van der Waals surface area contributed by atoms with Crippen molar-refractivity contribution in [3.8, 4) is 0 Å². The molecule has 1 aromatic carbocycles. The normalized spacial score (nSPS) is 20.6. The van der Waals surface area contributed by atoms with Crippen LogP contribution in [0.5, 0.6) is 0 Å². The summed E-state index contributed by atoms with van der Waals surface area (Å²) in [5, 5.41) is 0.818. The summed E-state index contributed by atoms with van der Waals surface area (Å²) in [6, 6.07) is 4.84. The Bertz CT molecular complexity index is 559. The van der Waals surface area contributed by atoms with Crippen LogP contribution in [0.3, 0.4) is 0 Å². The second-order valence-electron chi connectivity index (χ2n) is 4.30. The number of imidazole rings is 1. The number of halogens is 2. The van der Waals surface area contributed by atoms with Crippen LogP contribution in [0, 0.1) is 5.82 Å². The Morgan fingerprint density at radius 1 is 1.56 bits per heavy atom. The minimum atomic E-state index is -0.253. The lowest BCUT2D eigenvalue weighted by Gasteiger charge is -2.34. The van der Waals surface area contributed by atoms with E-state index in [-0.39, 0.29) is 11.9 Å². The molecule has 0 aliphatic carbocycles. The maximum Gasteiger partial charge on any atom is 0.204 e. The number of benzene rings is 1. The number of fused-ring (bicyclic) bond motifs is 1. The quantitative estimate of drug-likeness (QED) is 0.865. The van der Waals surface area contributed by atoms with Crippen LogP contribution in [0.25, 0.3) is 11.0 Å². The van der Waals surface area contributed by atoms with E-state index in [0.29, 0.717) is 13.2 Å². The average molecular weight is 314 g/mol. The number of hydrogen-bond acceptors (Lipinski definition) is 3. The first-order valence-electron chi connectivity index (χ1n) is 5.83. The van der Waals surface area contributed by atoms with Gasteiger partial charge in [0.05, 0.1) is 30.3 Å². The van der Waals surface area contributed by atoms with Crippen LogP contribution in [-0.4, -0.2) is 41.1 Å². The van der Waals surface area contributed by atoms with Gasteiger partial charge in [-0.25, -0.2) is 9.37 Å². The summed E-state index contributed by atoms with van der Waals surface area (Å²) in [7, 11) is 0. The summed E-state index contributed by atoms with van der Waals surface area (Å²) >= 11 is 3.48. The molecule has 0 saturated carbocycles. The fraction of sp³-hybridized carbons (Fsp3) is 0.417. The molecule has 96 valence electrons. The van der Waals surface area contributed by atoms with Crippen molar-refractivity contribution >= 4 is 32.9 Å². The van der Waals surface area contributed by atoms with Crippen molar-refractivity contribution in [3.05, 3.63) is 24.0 Å². The Labute approximate surface area is 112 Å². The Hall–Kier alpha value is -1.14. The lowest BCUT2D eigenvalue weighted by molar-refractivity contribution is 0.0997. The van der Waals surface area contributed by atoms with Gasteiger partial charge in [-0.15, -0.1) is 0 Å². The van der Waals surface area contributed by atoms with Crippen LogP contribution in [0.15, 0.2) is 18.2 Å². The summed E-state index contributed by atoms with van der Waals surface area (Å²) in [4.78, 5) is 9.83. The van der Waals surface area contributed by atoms with E-state index >= 15 is 0 Å². The van der Waals surface area contributed by atoms with Gasteiger partial charge in [0, 0.05) is 11.9 Å². The van der Waals surface area contributed by atoms with Gasteiger partial charge < -0.3 is 14.6 Å². The zero-order valence-corrected chi connectivity index (χ0v) is 11.3. The summed E-state index contributed by atoms with van der Waals surface area (Å²) in [6.07, 6.45) is 0. The molecule has 18 heavy (non-hydrogen) atoms. The monoisotopic (exact) mass is 313 g/mol. The highest BCUT2D eigenvalue weighted by Gasteiger charge is 2.24. The number of nitrogens with zero attached hydrogens (tertiary/aromatic N) is 2. The summed E-state index contributed by atoms with van der Waals surface area (Å²) in [5.41, 5.74) is 1.51. The number of alkyl halides is 1. The predicted octanol–water partition coefficient (Wildman–Crippen LogP) is 2.30. The van der Waals surface area contributed by atoms with Crippen molar-refractivity contribution in [2.45, 2.75) is 6.04 Å². The molecule has 3 rings (SSSR count). The first kappa shape index (κ1) is 11.9. The highest BCUT2D eigenvalue weighted by Crippen LogP contribution is 2.22. The van der Waals surface area contributed by atoms with E-state index in [0.717, 1.165) is 28.9 Å². The fourth-order valence-corrected chi connectivity index (χ4v) is 2.70. The van der Waals surface area contributed by atoms with Crippen molar-refractivity contribution in [2.75, 3.05) is 30.0 Å². The molecule has 1 N–H and O–H groups in total. The Kier molecular flexibility index (Phi) is 3.22. The van der Waals surface area contributed by atoms with E-state index in [1.54, 1.807) is 6.07 Å². The lowest BCUT2D eigenvalue weighted by atomic mass is 10.3. The fourth-order valence-electron chi connectivity index (χ4n) is 2.17. The zero-order valence-electron chi connectivity index (χ0n) is 9.70. The van der Waals surface area contributed by atoms with Gasteiger partial charge in [0.15, 0.2) is 0 Å². The van der Waals surface area contributed by atoms with Crippen molar-refractivity contribution in [2.24, 2.45) is 0 Å². The first-order chi connectivity index (χ1) is 8.78. The lowest BCUT2D eigenvalue weighted by Crippen LogP contribution is -2.47. The highest BCUT2D eigenvalue weighted by molar-refractivity contribution is 9.09. The van der Waals surface area contributed by atoms with E-state index < -0.39 is 0 Å². The van der Waals surface area contributed by atoms with Gasteiger partial charge in [-0.05, 0) is 18.2 Å². The van der Waals surface area contributed by atoms with Crippen molar-refractivity contribution in [1.82, 2.24) is 9.97 Å². The summed E-state index contributed by atoms with van der Waals surface area (Å²) in [6.45, 7) is 2.16. The molecular weight excluding hydrogens is 301 g/mol. The third-order valence-corrected chi connectivity index (χ3v) is 3.86. The van der Waals surface area contributed by atoms with Crippen molar-refractivity contribution in [3.63, 3.8) is 0 Å². The maximum absolute atomic E-state index is 13.1. The topological polar surface area (TPSA) is 41.2 Å². The van der Waals surface area contributed by atoms with Crippen LogP contribution >= 0.6 is 15.9 Å². The third kappa shape index (κ3) is 2.10. The second kappa shape index (κ2) is 4.85. The zero-order chi connectivity index (χ0) is 12.5. The van der Waals surface area contributed by atoms with Crippen LogP contribution < -0.4 is 4.90 Å². The van der Waals surface area contributed by atoms with Gasteiger partial charge in [0.1, 0.15) is 5.82 Å². The average Bonchev–Trinajstić information content (AvgIpc) is 2.81. The molecule has 4 nitrogen and oxygen atoms in total. The van der Waals surface area contributed by atoms with Gasteiger partial charge in [0.25, 0.3) is 0 Å². The summed E-state index contributed by atoms with van der Waals surface area (Å²) in [5.74, 6) is 0.528. The Morgan fingerprint density at radius 3 is 3.28 bits per heavy atom. The SMILES string of the molecule is Fc1ccc2nc(N3CCOCC3CBr)[nH]c2c1. The molecule has 1 fully saturated rings. The van der Waals surface area contributed by atoms with Gasteiger partial charge >= 0.3 is 0 Å². The molecule has 0 amide bonds. The number of H-pyrrole nitrogens is 1. The molecule has 1 unspecified atom stereocenters. The third-order valence-electron chi connectivity index (χ3n) is 3.11. The summed E-state index contributed by atoms with van der Waals surface area (Å²) < 4.78 is 18.6. The molecule has 2 heterocycles. The number of hydrogen-bond donors (Lipinski definition) is 1. The number of anilines is 1. The molecule has 0 spiro atoms. The van der Waals surface area contributed by atoms with E-state index in [9.17, 15) is 4.39 Å². The number of rotatable bonds is 2. The van der Waals surface area contributed by atoms with Crippen LogP contribution in [0.2, 0.25) is 0 Å². The largest absolute Gasteiger partial charge is 0.377 e. The Balaban J connectivity index is 1.97. The van der Waals surface area contributed by atoms with Crippen LogP contribution in [0.4, 0.5) is 10.3 Å². The van der Waals surface area contributed by atoms with E-state index in [2.05, 4.69) is 30.8 Å². The number of aromatic nitrogens is 2. The maximum atomic E-state index is 13.1. The van der Waals surface area contributed by atoms with Crippen molar-refractivity contribution < 1.29 is 9.13 Å². The van der Waals surface area contributed by atoms with Gasteiger partial charge in [-0.3, -0.25) is 0 Å². The number of morpholine rings is 1. The van der Waals surface area contributed by atoms with Gasteiger partial charge in [0.2, 0.25) is 5.95 Å². The number of ether oxygens (including phenoxy) is 1. The Morgan fingerprint density at radius 2 is 2.44 bits per heavy atom. The number of nitrogens with one attached hydrogen (secondary N) is 1. The standard InChI is InChI=1S/C12H13BrFN3O/c13-6-9-7-18-4-3-17(9)12-15-10-2-1-8(14)5-11(10)16-12/h1-2,5,9H,3-4,6-7H2,(H,15,16). The van der Waals surface area contributed by atoms with Crippen molar-refractivity contribution in [1.29, 1.82) is 0 Å². The molecule has 2 aromatic rings. The molecule has 1 aliphatic rings. The minimum Gasteiger partial charge on any atom is -0.377 e. The van der Waals surface area contributed by atoms with E-state index in [1.165, 1.54) is 12.1 Å². The molecule has 1 aliphatic heterocycles. The second-order valence-corrected chi connectivity index (χ2v) is 4.95. The molecule has 1 aromatic heterocycles. The molecular formula is C12H13BrFN3O. The van der Waals surface area contributed by atoms with Gasteiger partial charge in [-0.1, -0.05) is 15.9 Å². The van der Waals surface area contributed by atoms with E-state index in [4.69, 9.17) is 4.74 Å². The predicted molar refractivity (Wildman–Crippen MR) is 71.8 cm³/mol. The van der Waals surface area contributed by atoms with Crippen LogP contribution in [-0.2, 0) is 4.74 Å². The molecule has 6 heteroatoms. The highest BCUT2D eigenvalue weighted by atomic mass is 79.9. The van der Waals surface area contributed by atoms with Crippen LogP contribution in [0.1, 0.15) is 0 Å². The molecule has 1 saturated heterocycles. The smallest absolute Gasteiger partial charge is 0.204 e. The minimum absolute atomic E-state index is 0.253. The molecule has 1 atom stereocenters.